The van der Waals surface area contributed by atoms with Crippen LogP contribution in [0.25, 0.3) is 0 Å². The lowest BCUT2D eigenvalue weighted by molar-refractivity contribution is -0.155. The highest BCUT2D eigenvalue weighted by atomic mass is 32.1. The van der Waals surface area contributed by atoms with Crippen molar-refractivity contribution in [2.24, 2.45) is 0 Å². The average Bonchev–Trinajstić information content (AvgIpc) is 3.43. The van der Waals surface area contributed by atoms with Crippen LogP contribution < -0.4 is 5.32 Å². The zero-order valence-corrected chi connectivity index (χ0v) is 20.3. The molecule has 0 aliphatic carbocycles. The van der Waals surface area contributed by atoms with E-state index in [4.69, 9.17) is 4.74 Å². The van der Waals surface area contributed by atoms with Gasteiger partial charge in [-0.1, -0.05) is 60.7 Å². The number of piperidine rings is 1. The second kappa shape index (κ2) is 10.7. The van der Waals surface area contributed by atoms with Gasteiger partial charge in [-0.2, -0.15) is 0 Å². The van der Waals surface area contributed by atoms with Crippen LogP contribution in [0.15, 0.2) is 72.8 Å². The normalized spacial score (nSPS) is 22.6. The number of nitrogens with one attached hydrogen (secondary N) is 1. The number of fused-ring (bicyclic) bond motifs is 2. The summed E-state index contributed by atoms with van der Waals surface area (Å²) in [5.74, 6) is -1.21. The molecule has 6 nitrogen and oxygen atoms in total. The molecule has 0 radical (unpaired) electrons. The maximum absolute atomic E-state index is 13.4. The first kappa shape index (κ1) is 23.7. The molecule has 5 rings (SSSR count). The highest BCUT2D eigenvalue weighted by molar-refractivity contribution is 7.13. The van der Waals surface area contributed by atoms with E-state index in [9.17, 15) is 14.7 Å². The summed E-state index contributed by atoms with van der Waals surface area (Å²) >= 11 is 1.22. The van der Waals surface area contributed by atoms with Crippen LogP contribution in [-0.4, -0.2) is 40.1 Å². The van der Waals surface area contributed by atoms with Crippen LogP contribution in [0.5, 0.6) is 0 Å². The molecule has 2 aromatic carbocycles. The molecule has 0 amide bonds. The zero-order chi connectivity index (χ0) is 24.2. The topological polar surface area (TPSA) is 78.9 Å². The Hall–Kier alpha value is -3.00. The Morgan fingerprint density at radius 2 is 1.63 bits per heavy atom. The fourth-order valence-electron chi connectivity index (χ4n) is 5.38. The fraction of sp³-hybridized carbons (Fsp3) is 0.357. The minimum atomic E-state index is -0.937. The smallest absolute Gasteiger partial charge is 0.345 e. The van der Waals surface area contributed by atoms with Gasteiger partial charge in [0.15, 0.2) is 0 Å². The molecule has 1 aromatic heterocycles. The number of ether oxygens (including phenoxy) is 1. The highest BCUT2D eigenvalue weighted by Crippen LogP contribution is 2.38. The second-order valence-corrected chi connectivity index (χ2v) is 10.5. The Labute approximate surface area is 209 Å². The van der Waals surface area contributed by atoms with Crippen LogP contribution in [0.3, 0.4) is 0 Å². The predicted octanol–water partition coefficient (Wildman–Crippen LogP) is 5.02. The lowest BCUT2D eigenvalue weighted by Crippen LogP contribution is -2.46. The van der Waals surface area contributed by atoms with Gasteiger partial charge in [0.1, 0.15) is 17.0 Å². The number of benzene rings is 2. The van der Waals surface area contributed by atoms with Gasteiger partial charge in [-0.05, 0) is 36.1 Å². The summed E-state index contributed by atoms with van der Waals surface area (Å²) in [5.41, 5.74) is 2.17. The molecule has 2 fully saturated rings. The van der Waals surface area contributed by atoms with Gasteiger partial charge in [-0.15, -0.1) is 11.3 Å². The van der Waals surface area contributed by atoms with Gasteiger partial charge in [0, 0.05) is 42.9 Å². The van der Waals surface area contributed by atoms with E-state index in [0.29, 0.717) is 23.5 Å². The highest BCUT2D eigenvalue weighted by Gasteiger charge is 2.42. The van der Waals surface area contributed by atoms with Crippen LogP contribution in [0.1, 0.15) is 57.4 Å². The average molecular weight is 491 g/mol. The van der Waals surface area contributed by atoms with Crippen molar-refractivity contribution in [3.05, 3.63) is 93.7 Å². The zero-order valence-electron chi connectivity index (χ0n) is 19.5. The SMILES string of the molecule is O=C(O)c1ccc(CNC(C(=O)OC2CC3CCC(C2)N3Cc2ccccc2)c2ccccc2)s1. The molecule has 2 saturated heterocycles. The van der Waals surface area contributed by atoms with E-state index in [0.717, 1.165) is 42.7 Å². The van der Waals surface area contributed by atoms with Gasteiger partial charge in [0.2, 0.25) is 0 Å². The summed E-state index contributed by atoms with van der Waals surface area (Å²) in [6.07, 6.45) is 3.94. The van der Waals surface area contributed by atoms with Crippen molar-refractivity contribution in [2.45, 2.75) is 63.0 Å². The first-order valence-corrected chi connectivity index (χ1v) is 13.0. The molecule has 3 aromatic rings. The summed E-state index contributed by atoms with van der Waals surface area (Å²) < 4.78 is 6.10. The minimum absolute atomic E-state index is 0.0830. The van der Waals surface area contributed by atoms with E-state index in [2.05, 4.69) is 34.5 Å². The van der Waals surface area contributed by atoms with Crippen molar-refractivity contribution in [3.63, 3.8) is 0 Å². The molecule has 3 unspecified atom stereocenters. The standard InChI is InChI=1S/C28H30N2O4S/c31-27(32)25-14-13-24(35-25)17-29-26(20-9-5-2-6-10-20)28(33)34-23-15-21-11-12-22(16-23)30(21)18-19-7-3-1-4-8-19/h1-10,13-14,21-23,26,29H,11-12,15-18H2,(H,31,32). The van der Waals surface area contributed by atoms with Gasteiger partial charge in [0.25, 0.3) is 0 Å². The number of esters is 1. The van der Waals surface area contributed by atoms with Crippen LogP contribution in [-0.2, 0) is 22.6 Å². The van der Waals surface area contributed by atoms with E-state index < -0.39 is 12.0 Å². The molecule has 35 heavy (non-hydrogen) atoms. The number of aromatic carboxylic acids is 1. The number of nitrogens with zero attached hydrogens (tertiary/aromatic N) is 1. The molecule has 0 saturated carbocycles. The number of hydrogen-bond acceptors (Lipinski definition) is 6. The van der Waals surface area contributed by atoms with E-state index in [1.807, 2.05) is 36.4 Å². The van der Waals surface area contributed by atoms with E-state index in [-0.39, 0.29) is 12.1 Å². The molecule has 2 aliphatic heterocycles. The minimum Gasteiger partial charge on any atom is -0.477 e. The molecule has 7 heteroatoms. The van der Waals surface area contributed by atoms with Crippen LogP contribution >= 0.6 is 11.3 Å². The Bertz CT molecular complexity index is 1140. The van der Waals surface area contributed by atoms with Gasteiger partial charge >= 0.3 is 11.9 Å². The first-order valence-electron chi connectivity index (χ1n) is 12.2. The summed E-state index contributed by atoms with van der Waals surface area (Å²) in [5, 5.41) is 12.5. The number of carbonyl (C=O) groups is 2. The van der Waals surface area contributed by atoms with Gasteiger partial charge in [0.05, 0.1) is 0 Å². The Kier molecular flexibility index (Phi) is 7.27. The van der Waals surface area contributed by atoms with Crippen molar-refractivity contribution in [2.75, 3.05) is 0 Å². The Morgan fingerprint density at radius 3 is 2.26 bits per heavy atom. The van der Waals surface area contributed by atoms with Gasteiger partial charge in [-0.3, -0.25) is 10.2 Å². The summed E-state index contributed by atoms with van der Waals surface area (Å²) in [6, 6.07) is 23.8. The number of carboxylic acids is 1. The van der Waals surface area contributed by atoms with Crippen LogP contribution in [0, 0.1) is 0 Å². The molecule has 0 spiro atoms. The lowest BCUT2D eigenvalue weighted by atomic mass is 9.98. The Morgan fingerprint density at radius 1 is 0.971 bits per heavy atom. The molecular formula is C28H30N2O4S. The number of hydrogen-bond donors (Lipinski definition) is 2. The van der Waals surface area contributed by atoms with E-state index >= 15 is 0 Å². The maximum Gasteiger partial charge on any atom is 0.345 e. The fourth-order valence-corrected chi connectivity index (χ4v) is 6.18. The first-order chi connectivity index (χ1) is 17.1. The molecule has 2 aliphatic rings. The third-order valence-corrected chi connectivity index (χ3v) is 8.13. The van der Waals surface area contributed by atoms with Crippen molar-refractivity contribution in [3.8, 4) is 0 Å². The quantitative estimate of drug-likeness (QED) is 0.410. The van der Waals surface area contributed by atoms with Crippen molar-refractivity contribution < 1.29 is 19.4 Å². The Balaban J connectivity index is 1.23. The van der Waals surface area contributed by atoms with Crippen molar-refractivity contribution in [1.82, 2.24) is 10.2 Å². The number of thiophene rings is 1. The molecule has 2 bridgehead atoms. The predicted molar refractivity (Wildman–Crippen MR) is 135 cm³/mol. The van der Waals surface area contributed by atoms with E-state index in [1.54, 1.807) is 12.1 Å². The summed E-state index contributed by atoms with van der Waals surface area (Å²) in [4.78, 5) is 28.3. The lowest BCUT2D eigenvalue weighted by Gasteiger charge is -2.39. The molecular weight excluding hydrogens is 460 g/mol. The largest absolute Gasteiger partial charge is 0.477 e. The number of rotatable bonds is 9. The molecule has 2 N–H and O–H groups in total. The summed E-state index contributed by atoms with van der Waals surface area (Å²) in [7, 11) is 0. The molecule has 182 valence electrons. The van der Waals surface area contributed by atoms with Crippen LogP contribution in [0.4, 0.5) is 0 Å². The van der Waals surface area contributed by atoms with Crippen molar-refractivity contribution in [1.29, 1.82) is 0 Å². The van der Waals surface area contributed by atoms with E-state index in [1.165, 1.54) is 16.9 Å². The maximum atomic E-state index is 13.4. The molecule has 3 atom stereocenters. The number of carboxylic acid groups (broad SMARTS) is 1. The van der Waals surface area contributed by atoms with Crippen LogP contribution in [0.2, 0.25) is 0 Å². The summed E-state index contributed by atoms with van der Waals surface area (Å²) in [6.45, 7) is 1.34. The number of carbonyl (C=O) groups excluding carboxylic acids is 1. The third kappa shape index (κ3) is 5.64. The van der Waals surface area contributed by atoms with Gasteiger partial charge < -0.3 is 9.84 Å². The third-order valence-electron chi connectivity index (χ3n) is 7.05. The monoisotopic (exact) mass is 490 g/mol. The second-order valence-electron chi connectivity index (χ2n) is 9.37. The van der Waals surface area contributed by atoms with Crippen molar-refractivity contribution >= 4 is 23.3 Å². The van der Waals surface area contributed by atoms with Gasteiger partial charge in [-0.25, -0.2) is 9.59 Å². The molecule has 3 heterocycles.